The number of anilines is 2. The first-order valence-electron chi connectivity index (χ1n) is 4.30. The summed E-state index contributed by atoms with van der Waals surface area (Å²) in [4.78, 5) is 7.88. The normalized spacial score (nSPS) is 10.2. The molecule has 2 aromatic heterocycles. The highest BCUT2D eigenvalue weighted by Gasteiger charge is 2.03. The molecule has 0 amide bonds. The van der Waals surface area contributed by atoms with Gasteiger partial charge < -0.3 is 15.5 Å². The van der Waals surface area contributed by atoms with Gasteiger partial charge >= 0.3 is 0 Å². The van der Waals surface area contributed by atoms with Gasteiger partial charge in [0.1, 0.15) is 11.6 Å². The minimum absolute atomic E-state index is 0.236. The summed E-state index contributed by atoms with van der Waals surface area (Å²) in [7, 11) is 0. The minimum Gasteiger partial charge on any atom is -0.467 e. The summed E-state index contributed by atoms with van der Waals surface area (Å²) < 4.78 is 5.94. The van der Waals surface area contributed by atoms with Crippen molar-refractivity contribution in [1.29, 1.82) is 0 Å². The monoisotopic (exact) mass is 268 g/mol. The Bertz CT molecular complexity index is 443. The highest BCUT2D eigenvalue weighted by atomic mass is 79.9. The summed E-state index contributed by atoms with van der Waals surface area (Å²) >= 11 is 3.32. The molecule has 0 aromatic carbocycles. The lowest BCUT2D eigenvalue weighted by Crippen LogP contribution is -2.04. The molecule has 0 aliphatic carbocycles. The molecule has 5 nitrogen and oxygen atoms in total. The number of nitrogen functional groups attached to an aromatic ring is 1. The van der Waals surface area contributed by atoms with Gasteiger partial charge in [0.05, 0.1) is 17.3 Å². The van der Waals surface area contributed by atoms with Crippen LogP contribution >= 0.6 is 15.9 Å². The van der Waals surface area contributed by atoms with Gasteiger partial charge in [0.25, 0.3) is 0 Å². The first kappa shape index (κ1) is 9.97. The van der Waals surface area contributed by atoms with Gasteiger partial charge in [-0.3, -0.25) is 0 Å². The molecule has 0 bridgehead atoms. The molecular weight excluding hydrogens is 260 g/mol. The topological polar surface area (TPSA) is 77.0 Å². The van der Waals surface area contributed by atoms with Crippen molar-refractivity contribution in [3.8, 4) is 0 Å². The third-order valence-corrected chi connectivity index (χ3v) is 2.35. The Balaban J connectivity index is 2.07. The summed E-state index contributed by atoms with van der Waals surface area (Å²) in [5, 5.41) is 3.08. The summed E-state index contributed by atoms with van der Waals surface area (Å²) in [6.07, 6.45) is 3.23. The number of furan rings is 1. The fraction of sp³-hybridized carbons (Fsp3) is 0.111. The minimum atomic E-state index is 0.236. The van der Waals surface area contributed by atoms with E-state index in [2.05, 4.69) is 31.2 Å². The van der Waals surface area contributed by atoms with Gasteiger partial charge in [0.15, 0.2) is 0 Å². The number of halogens is 1. The molecule has 2 rings (SSSR count). The van der Waals surface area contributed by atoms with Gasteiger partial charge in [-0.2, -0.15) is 4.98 Å². The van der Waals surface area contributed by atoms with Crippen LogP contribution in [0.3, 0.4) is 0 Å². The summed E-state index contributed by atoms with van der Waals surface area (Å²) in [5.41, 5.74) is 5.47. The maximum Gasteiger partial charge on any atom is 0.221 e. The number of hydrogen-bond acceptors (Lipinski definition) is 5. The molecule has 0 spiro atoms. The molecule has 0 aliphatic rings. The van der Waals surface area contributed by atoms with E-state index in [1.807, 2.05) is 12.1 Å². The van der Waals surface area contributed by atoms with Crippen molar-refractivity contribution >= 4 is 27.7 Å². The molecular formula is C9H9BrN4O. The number of nitrogens with two attached hydrogens (primary N) is 1. The number of rotatable bonds is 3. The van der Waals surface area contributed by atoms with Crippen LogP contribution in [0.5, 0.6) is 0 Å². The average molecular weight is 269 g/mol. The molecule has 0 radical (unpaired) electrons. The third kappa shape index (κ3) is 2.47. The molecule has 6 heteroatoms. The van der Waals surface area contributed by atoms with E-state index in [-0.39, 0.29) is 5.95 Å². The Labute approximate surface area is 94.8 Å². The Hall–Kier alpha value is -1.56. The van der Waals surface area contributed by atoms with Crippen LogP contribution in [-0.4, -0.2) is 9.97 Å². The number of nitrogens with zero attached hydrogens (tertiary/aromatic N) is 2. The lowest BCUT2D eigenvalue weighted by Gasteiger charge is -2.05. The van der Waals surface area contributed by atoms with Gasteiger partial charge in [-0.15, -0.1) is 0 Å². The van der Waals surface area contributed by atoms with Crippen LogP contribution in [0.1, 0.15) is 5.76 Å². The maximum atomic E-state index is 5.47. The molecule has 2 heterocycles. The Morgan fingerprint density at radius 2 is 2.40 bits per heavy atom. The molecule has 0 aliphatic heterocycles. The van der Waals surface area contributed by atoms with Gasteiger partial charge in [-0.25, -0.2) is 4.98 Å². The van der Waals surface area contributed by atoms with Crippen LogP contribution in [0.25, 0.3) is 0 Å². The number of nitrogens with one attached hydrogen (secondary N) is 1. The summed E-state index contributed by atoms with van der Waals surface area (Å²) in [6.45, 7) is 0.558. The second-order valence-corrected chi connectivity index (χ2v) is 3.71. The smallest absolute Gasteiger partial charge is 0.221 e. The molecule has 3 N–H and O–H groups in total. The van der Waals surface area contributed by atoms with Gasteiger partial charge in [-0.1, -0.05) is 0 Å². The quantitative estimate of drug-likeness (QED) is 0.891. The summed E-state index contributed by atoms with van der Waals surface area (Å²) in [5.74, 6) is 1.72. The van der Waals surface area contributed by atoms with E-state index in [4.69, 9.17) is 10.2 Å². The molecule has 15 heavy (non-hydrogen) atoms. The highest BCUT2D eigenvalue weighted by molar-refractivity contribution is 9.10. The van der Waals surface area contributed by atoms with E-state index in [1.54, 1.807) is 12.5 Å². The molecule has 2 aromatic rings. The first-order valence-corrected chi connectivity index (χ1v) is 5.09. The second-order valence-electron chi connectivity index (χ2n) is 2.86. The molecule has 0 unspecified atom stereocenters. The maximum absolute atomic E-state index is 5.47. The second kappa shape index (κ2) is 4.31. The van der Waals surface area contributed by atoms with Crippen LogP contribution in [0.15, 0.2) is 33.5 Å². The largest absolute Gasteiger partial charge is 0.467 e. The van der Waals surface area contributed by atoms with Crippen LogP contribution < -0.4 is 11.1 Å². The molecule has 0 fully saturated rings. The molecule has 0 saturated carbocycles. The fourth-order valence-electron chi connectivity index (χ4n) is 1.09. The predicted molar refractivity (Wildman–Crippen MR) is 60.2 cm³/mol. The first-order chi connectivity index (χ1) is 7.25. The van der Waals surface area contributed by atoms with E-state index in [0.29, 0.717) is 12.4 Å². The average Bonchev–Trinajstić information content (AvgIpc) is 2.72. The van der Waals surface area contributed by atoms with Gasteiger partial charge in [-0.05, 0) is 28.1 Å². The zero-order valence-corrected chi connectivity index (χ0v) is 9.36. The highest BCUT2D eigenvalue weighted by Crippen LogP contribution is 2.19. The number of hydrogen-bond donors (Lipinski definition) is 2. The zero-order chi connectivity index (χ0) is 10.7. The SMILES string of the molecule is Nc1ncc(Br)c(NCc2ccco2)n1. The standard InChI is InChI=1S/C9H9BrN4O/c10-7-5-13-9(11)14-8(7)12-4-6-2-1-3-15-6/h1-3,5H,4H2,(H3,11,12,13,14). The van der Waals surface area contributed by atoms with Crippen molar-refractivity contribution in [2.75, 3.05) is 11.1 Å². The van der Waals surface area contributed by atoms with Crippen LogP contribution in [0, 0.1) is 0 Å². The Morgan fingerprint density at radius 3 is 3.13 bits per heavy atom. The van der Waals surface area contributed by atoms with E-state index in [0.717, 1.165) is 10.2 Å². The molecule has 0 atom stereocenters. The lowest BCUT2D eigenvalue weighted by atomic mass is 10.4. The van der Waals surface area contributed by atoms with Gasteiger partial charge in [0, 0.05) is 6.20 Å². The van der Waals surface area contributed by atoms with Crippen LogP contribution in [0.4, 0.5) is 11.8 Å². The van der Waals surface area contributed by atoms with E-state index in [1.165, 1.54) is 0 Å². The van der Waals surface area contributed by atoms with Crippen molar-refractivity contribution in [3.05, 3.63) is 34.8 Å². The van der Waals surface area contributed by atoms with Crippen LogP contribution in [0.2, 0.25) is 0 Å². The Kier molecular flexibility index (Phi) is 2.86. The third-order valence-electron chi connectivity index (χ3n) is 1.77. The number of aromatic nitrogens is 2. The van der Waals surface area contributed by atoms with E-state index < -0.39 is 0 Å². The fourth-order valence-corrected chi connectivity index (χ4v) is 1.42. The van der Waals surface area contributed by atoms with Crippen molar-refractivity contribution in [2.24, 2.45) is 0 Å². The van der Waals surface area contributed by atoms with Crippen molar-refractivity contribution in [2.45, 2.75) is 6.54 Å². The lowest BCUT2D eigenvalue weighted by molar-refractivity contribution is 0.518. The van der Waals surface area contributed by atoms with E-state index in [9.17, 15) is 0 Å². The van der Waals surface area contributed by atoms with Gasteiger partial charge in [0.2, 0.25) is 5.95 Å². The van der Waals surface area contributed by atoms with Crippen molar-refractivity contribution < 1.29 is 4.42 Å². The molecule has 78 valence electrons. The van der Waals surface area contributed by atoms with E-state index >= 15 is 0 Å². The van der Waals surface area contributed by atoms with Crippen molar-refractivity contribution in [1.82, 2.24) is 9.97 Å². The molecule has 0 saturated heterocycles. The predicted octanol–water partition coefficient (Wildman–Crippen LogP) is 2.03. The zero-order valence-electron chi connectivity index (χ0n) is 7.77. The summed E-state index contributed by atoms with van der Waals surface area (Å²) in [6, 6.07) is 3.71. The van der Waals surface area contributed by atoms with Crippen LogP contribution in [-0.2, 0) is 6.54 Å². The Morgan fingerprint density at radius 1 is 1.53 bits per heavy atom. The van der Waals surface area contributed by atoms with Crippen molar-refractivity contribution in [3.63, 3.8) is 0 Å².